The largest absolute Gasteiger partial charge is 0.304 e. The van der Waals surface area contributed by atoms with Gasteiger partial charge in [0, 0.05) is 11.1 Å². The molecule has 0 fully saturated rings. The third kappa shape index (κ3) is 2.29. The van der Waals surface area contributed by atoms with Crippen LogP contribution in [0.15, 0.2) is 54.9 Å². The number of rotatable bonds is 3. The van der Waals surface area contributed by atoms with Gasteiger partial charge in [-0.2, -0.15) is 10.1 Å². The third-order valence-corrected chi connectivity index (χ3v) is 4.87. The van der Waals surface area contributed by atoms with E-state index in [4.69, 9.17) is 0 Å². The number of anilines is 2. The summed E-state index contributed by atoms with van der Waals surface area (Å²) < 4.78 is 0. The molecule has 2 aromatic carbocycles. The molecule has 0 saturated heterocycles. The van der Waals surface area contributed by atoms with Crippen molar-refractivity contribution in [3.63, 3.8) is 0 Å². The number of amides is 3. The number of aromatic nitrogens is 3. The van der Waals surface area contributed by atoms with Crippen LogP contribution in [-0.4, -0.2) is 44.3 Å². The first kappa shape index (κ1) is 16.2. The molecule has 3 heterocycles. The van der Waals surface area contributed by atoms with Crippen molar-refractivity contribution in [1.82, 2.24) is 20.1 Å². The van der Waals surface area contributed by atoms with Gasteiger partial charge in [-0.15, -0.1) is 0 Å². The zero-order valence-corrected chi connectivity index (χ0v) is 14.5. The number of para-hydroxylation sites is 1. The van der Waals surface area contributed by atoms with Crippen molar-refractivity contribution in [2.24, 2.45) is 0 Å². The summed E-state index contributed by atoms with van der Waals surface area (Å²) in [5, 5.41) is 8.78. The average Bonchev–Trinajstić information content (AvgIpc) is 3.32. The van der Waals surface area contributed by atoms with E-state index in [1.165, 1.54) is 11.2 Å². The van der Waals surface area contributed by atoms with Crippen LogP contribution in [0.4, 0.5) is 11.6 Å². The van der Waals surface area contributed by atoms with Crippen molar-refractivity contribution in [3.05, 3.63) is 71.5 Å². The summed E-state index contributed by atoms with van der Waals surface area (Å²) >= 11 is 0. The van der Waals surface area contributed by atoms with Crippen molar-refractivity contribution in [1.29, 1.82) is 0 Å². The van der Waals surface area contributed by atoms with E-state index in [9.17, 15) is 14.4 Å². The minimum absolute atomic E-state index is 0.189. The first-order chi connectivity index (χ1) is 13.6. The van der Waals surface area contributed by atoms with E-state index in [-0.39, 0.29) is 24.3 Å². The van der Waals surface area contributed by atoms with Gasteiger partial charge in [0.15, 0.2) is 0 Å². The highest BCUT2D eigenvalue weighted by molar-refractivity contribution is 6.17. The molecule has 0 bridgehead atoms. The maximum Gasteiger partial charge on any atom is 0.260 e. The summed E-state index contributed by atoms with van der Waals surface area (Å²) in [6.45, 7) is -0.239. The number of carbonyl (C=O) groups is 3. The van der Waals surface area contributed by atoms with E-state index >= 15 is 0 Å². The van der Waals surface area contributed by atoms with Gasteiger partial charge >= 0.3 is 0 Å². The Kier molecular flexibility index (Phi) is 3.48. The molecule has 0 saturated carbocycles. The Labute approximate surface area is 159 Å². The van der Waals surface area contributed by atoms with Crippen molar-refractivity contribution in [2.75, 3.05) is 16.8 Å². The minimum atomic E-state index is -0.674. The van der Waals surface area contributed by atoms with Gasteiger partial charge in [-0.3, -0.25) is 24.6 Å². The predicted octanol–water partition coefficient (Wildman–Crippen LogP) is 1.56. The van der Waals surface area contributed by atoms with Crippen molar-refractivity contribution >= 4 is 29.4 Å². The summed E-state index contributed by atoms with van der Waals surface area (Å²) in [6.07, 6.45) is 0.595. The lowest BCUT2D eigenvalue weighted by Gasteiger charge is -2.40. The third-order valence-electron chi connectivity index (χ3n) is 4.87. The molecule has 9 nitrogen and oxygen atoms in total. The van der Waals surface area contributed by atoms with Crippen LogP contribution in [0.1, 0.15) is 32.4 Å². The minimum Gasteiger partial charge on any atom is -0.304 e. The van der Waals surface area contributed by atoms with E-state index in [2.05, 4.69) is 20.5 Å². The molecule has 0 aliphatic carbocycles. The molecule has 28 heavy (non-hydrogen) atoms. The van der Waals surface area contributed by atoms with Crippen LogP contribution in [-0.2, 0) is 4.79 Å². The molecule has 1 unspecified atom stereocenters. The summed E-state index contributed by atoms with van der Waals surface area (Å²) in [4.78, 5) is 45.6. The lowest BCUT2D eigenvalue weighted by molar-refractivity contribution is -0.117. The molecule has 3 amide bonds. The van der Waals surface area contributed by atoms with E-state index in [1.54, 1.807) is 47.4 Å². The molecule has 2 N–H and O–H groups in total. The number of hydrogen-bond acceptors (Lipinski definition) is 5. The second-order valence-electron chi connectivity index (χ2n) is 6.47. The van der Waals surface area contributed by atoms with Gasteiger partial charge in [-0.05, 0) is 18.2 Å². The number of nitrogens with one attached hydrogen (secondary N) is 2. The fourth-order valence-electron chi connectivity index (χ4n) is 3.73. The molecular weight excluding hydrogens is 360 g/mol. The first-order valence-electron chi connectivity index (χ1n) is 8.63. The van der Waals surface area contributed by atoms with Gasteiger partial charge in [0.25, 0.3) is 11.8 Å². The standard InChI is InChI=1S/C19H14N6O3/c26-15(22-19-20-10-21-23-19)9-24-16-11-5-1-2-6-12(11)18(28)25(16)14-8-4-3-7-13(14)17(24)27/h1-8,10,16H,9H2,(H2,20,21,22,23,26). The van der Waals surface area contributed by atoms with Crippen LogP contribution in [0.3, 0.4) is 0 Å². The Morgan fingerprint density at radius 3 is 2.57 bits per heavy atom. The summed E-state index contributed by atoms with van der Waals surface area (Å²) in [5.41, 5.74) is 2.15. The Morgan fingerprint density at radius 2 is 1.79 bits per heavy atom. The number of aromatic amines is 1. The number of H-pyrrole nitrogens is 1. The highest BCUT2D eigenvalue weighted by Gasteiger charge is 2.48. The lowest BCUT2D eigenvalue weighted by atomic mass is 10.0. The van der Waals surface area contributed by atoms with Gasteiger partial charge in [0.05, 0.1) is 11.3 Å². The molecule has 0 radical (unpaired) electrons. The van der Waals surface area contributed by atoms with Gasteiger partial charge in [-0.25, -0.2) is 5.10 Å². The van der Waals surface area contributed by atoms with Crippen LogP contribution >= 0.6 is 0 Å². The summed E-state index contributed by atoms with van der Waals surface area (Å²) in [6, 6.07) is 14.1. The average molecular weight is 374 g/mol. The fraction of sp³-hybridized carbons (Fsp3) is 0.105. The second-order valence-corrected chi connectivity index (χ2v) is 6.47. The quantitative estimate of drug-likeness (QED) is 0.723. The van der Waals surface area contributed by atoms with E-state index in [1.807, 2.05) is 6.07 Å². The van der Waals surface area contributed by atoms with Gasteiger partial charge in [0.2, 0.25) is 11.9 Å². The monoisotopic (exact) mass is 374 g/mol. The number of carbonyl (C=O) groups excluding carboxylic acids is 3. The molecule has 2 aliphatic heterocycles. The number of nitrogens with zero attached hydrogens (tertiary/aromatic N) is 4. The molecule has 3 aromatic rings. The topological polar surface area (TPSA) is 111 Å². The highest BCUT2D eigenvalue weighted by atomic mass is 16.2. The lowest BCUT2D eigenvalue weighted by Crippen LogP contribution is -2.50. The van der Waals surface area contributed by atoms with E-state index < -0.39 is 12.1 Å². The van der Waals surface area contributed by atoms with E-state index in [0.29, 0.717) is 22.4 Å². The number of benzene rings is 2. The van der Waals surface area contributed by atoms with Crippen molar-refractivity contribution < 1.29 is 14.4 Å². The van der Waals surface area contributed by atoms with E-state index in [0.717, 1.165) is 0 Å². The number of hydrogen-bond donors (Lipinski definition) is 2. The molecule has 138 valence electrons. The summed E-state index contributed by atoms with van der Waals surface area (Å²) in [7, 11) is 0. The molecule has 9 heteroatoms. The van der Waals surface area contributed by atoms with Gasteiger partial charge < -0.3 is 4.90 Å². The molecule has 1 atom stereocenters. The van der Waals surface area contributed by atoms with Crippen LogP contribution in [0.5, 0.6) is 0 Å². The maximum absolute atomic E-state index is 13.2. The molecule has 5 rings (SSSR count). The number of fused-ring (bicyclic) bond motifs is 5. The van der Waals surface area contributed by atoms with Crippen LogP contribution in [0, 0.1) is 0 Å². The highest BCUT2D eigenvalue weighted by Crippen LogP contribution is 2.44. The Morgan fingerprint density at radius 1 is 1.04 bits per heavy atom. The predicted molar refractivity (Wildman–Crippen MR) is 98.5 cm³/mol. The Hall–Kier alpha value is -4.01. The second kappa shape index (κ2) is 6.02. The molecule has 2 aliphatic rings. The maximum atomic E-state index is 13.2. The SMILES string of the molecule is O=C(CN1C(=O)c2ccccc2N2C(=O)c3ccccc3C12)Nc1ncn[nH]1. The van der Waals surface area contributed by atoms with Crippen LogP contribution < -0.4 is 10.2 Å². The zero-order valence-electron chi connectivity index (χ0n) is 14.5. The molecule has 1 aromatic heterocycles. The van der Waals surface area contributed by atoms with Crippen molar-refractivity contribution in [2.45, 2.75) is 6.17 Å². The molecule has 0 spiro atoms. The Bertz CT molecular complexity index is 1110. The van der Waals surface area contributed by atoms with Gasteiger partial charge in [-0.1, -0.05) is 30.3 Å². The Balaban J connectivity index is 1.57. The van der Waals surface area contributed by atoms with Crippen molar-refractivity contribution in [3.8, 4) is 0 Å². The van der Waals surface area contributed by atoms with Crippen LogP contribution in [0.25, 0.3) is 0 Å². The first-order valence-corrected chi connectivity index (χ1v) is 8.63. The van der Waals surface area contributed by atoms with Crippen LogP contribution in [0.2, 0.25) is 0 Å². The zero-order chi connectivity index (χ0) is 19.3. The summed E-state index contributed by atoms with van der Waals surface area (Å²) in [5.74, 6) is -0.758. The fourth-order valence-corrected chi connectivity index (χ4v) is 3.73. The normalized spacial score (nSPS) is 17.2. The van der Waals surface area contributed by atoms with Gasteiger partial charge in [0.1, 0.15) is 19.0 Å². The smallest absolute Gasteiger partial charge is 0.260 e. The molecular formula is C19H14N6O3.